The first-order valence-corrected chi connectivity index (χ1v) is 4.03. The average Bonchev–Trinajstić information content (AvgIpc) is 2.26. The van der Waals surface area contributed by atoms with Gasteiger partial charge in [-0.1, -0.05) is 0 Å². The van der Waals surface area contributed by atoms with Crippen LogP contribution in [0.3, 0.4) is 0 Å². The van der Waals surface area contributed by atoms with Crippen molar-refractivity contribution in [1.82, 2.24) is 10.3 Å². The minimum atomic E-state index is -0.305. The first kappa shape index (κ1) is 10.3. The highest BCUT2D eigenvalue weighted by atomic mass is 16.5. The van der Waals surface area contributed by atoms with Crippen LogP contribution < -0.4 is 14.8 Å². The predicted octanol–water partition coefficient (Wildman–Crippen LogP) is 0.458. The van der Waals surface area contributed by atoms with Crippen LogP contribution >= 0.6 is 0 Å². The molecular formula is C9H12N2O3. The van der Waals surface area contributed by atoms with Crippen molar-refractivity contribution in [3.8, 4) is 11.5 Å². The van der Waals surface area contributed by atoms with E-state index in [9.17, 15) is 4.79 Å². The molecule has 14 heavy (non-hydrogen) atoms. The van der Waals surface area contributed by atoms with Gasteiger partial charge in [-0.05, 0) is 0 Å². The molecule has 0 saturated carbocycles. The van der Waals surface area contributed by atoms with Crippen LogP contribution in [0.15, 0.2) is 12.3 Å². The van der Waals surface area contributed by atoms with Crippen molar-refractivity contribution in [2.45, 2.75) is 0 Å². The number of methoxy groups -OCH3 is 2. The molecule has 1 amide bonds. The first-order valence-electron chi connectivity index (χ1n) is 4.03. The Labute approximate surface area is 82.0 Å². The molecule has 1 rings (SSSR count). The molecule has 0 spiro atoms. The van der Waals surface area contributed by atoms with Gasteiger partial charge in [-0.3, -0.25) is 4.79 Å². The number of hydrogen-bond donors (Lipinski definition) is 1. The summed E-state index contributed by atoms with van der Waals surface area (Å²) >= 11 is 0. The molecule has 0 aromatic carbocycles. The van der Waals surface area contributed by atoms with Crippen molar-refractivity contribution >= 4 is 5.91 Å². The Balaban J connectivity index is 3.21. The summed E-state index contributed by atoms with van der Waals surface area (Å²) in [5.74, 6) is 0.524. The molecule has 0 unspecified atom stereocenters. The van der Waals surface area contributed by atoms with E-state index < -0.39 is 0 Å². The average molecular weight is 196 g/mol. The van der Waals surface area contributed by atoms with Crippen molar-refractivity contribution in [3.05, 3.63) is 18.0 Å². The highest BCUT2D eigenvalue weighted by molar-refractivity contribution is 5.95. The van der Waals surface area contributed by atoms with Gasteiger partial charge in [0.25, 0.3) is 5.91 Å². The zero-order chi connectivity index (χ0) is 10.6. The number of rotatable bonds is 3. The second kappa shape index (κ2) is 4.45. The molecule has 0 aliphatic heterocycles. The third-order valence-electron chi connectivity index (χ3n) is 1.73. The van der Waals surface area contributed by atoms with Crippen molar-refractivity contribution in [2.75, 3.05) is 21.3 Å². The molecule has 5 heteroatoms. The Morgan fingerprint density at radius 3 is 2.64 bits per heavy atom. The lowest BCUT2D eigenvalue weighted by Crippen LogP contribution is -2.20. The van der Waals surface area contributed by atoms with Crippen LogP contribution in [0.5, 0.6) is 11.5 Å². The Hall–Kier alpha value is -1.78. The summed E-state index contributed by atoms with van der Waals surface area (Å²) in [6.07, 6.45) is 1.49. The second-order valence-corrected chi connectivity index (χ2v) is 2.47. The van der Waals surface area contributed by atoms with Crippen LogP contribution in [-0.4, -0.2) is 32.2 Å². The van der Waals surface area contributed by atoms with E-state index in [1.54, 1.807) is 6.07 Å². The highest BCUT2D eigenvalue weighted by Crippen LogP contribution is 2.28. The third kappa shape index (κ3) is 1.76. The number of carbonyl (C=O) groups excluding carboxylic acids is 1. The van der Waals surface area contributed by atoms with Gasteiger partial charge in [0.1, 0.15) is 0 Å². The molecule has 1 N–H and O–H groups in total. The summed E-state index contributed by atoms with van der Waals surface area (Å²) in [4.78, 5) is 15.3. The van der Waals surface area contributed by atoms with Gasteiger partial charge in [-0.15, -0.1) is 0 Å². The molecule has 0 bridgehead atoms. The number of hydrogen-bond acceptors (Lipinski definition) is 4. The normalized spacial score (nSPS) is 9.36. The molecule has 0 atom stereocenters. The van der Waals surface area contributed by atoms with E-state index in [4.69, 9.17) is 9.47 Å². The molecule has 0 aliphatic rings. The molecule has 1 aromatic heterocycles. The number of amides is 1. The van der Waals surface area contributed by atoms with Crippen LogP contribution in [0.25, 0.3) is 0 Å². The number of ether oxygens (including phenoxy) is 2. The fourth-order valence-electron chi connectivity index (χ4n) is 1.07. The quantitative estimate of drug-likeness (QED) is 0.762. The highest BCUT2D eigenvalue weighted by Gasteiger charge is 2.16. The summed E-state index contributed by atoms with van der Waals surface area (Å²) < 4.78 is 10.1. The number of nitrogens with zero attached hydrogens (tertiary/aromatic N) is 1. The first-order chi connectivity index (χ1) is 6.74. The second-order valence-electron chi connectivity index (χ2n) is 2.47. The van der Waals surface area contributed by atoms with Gasteiger partial charge >= 0.3 is 0 Å². The van der Waals surface area contributed by atoms with E-state index in [1.165, 1.54) is 27.5 Å². The minimum Gasteiger partial charge on any atom is -0.493 e. The third-order valence-corrected chi connectivity index (χ3v) is 1.73. The molecular weight excluding hydrogens is 184 g/mol. The van der Waals surface area contributed by atoms with Crippen molar-refractivity contribution < 1.29 is 14.3 Å². The van der Waals surface area contributed by atoms with Crippen LogP contribution in [0.4, 0.5) is 0 Å². The van der Waals surface area contributed by atoms with Gasteiger partial charge in [0.05, 0.1) is 14.2 Å². The van der Waals surface area contributed by atoms with E-state index in [0.29, 0.717) is 11.5 Å². The van der Waals surface area contributed by atoms with E-state index in [0.717, 1.165) is 0 Å². The molecule has 0 saturated heterocycles. The number of aromatic nitrogens is 1. The van der Waals surface area contributed by atoms with Gasteiger partial charge in [0.15, 0.2) is 17.2 Å². The zero-order valence-electron chi connectivity index (χ0n) is 8.33. The SMILES string of the molecule is CNC(=O)c1nccc(OC)c1OC. The van der Waals surface area contributed by atoms with Crippen molar-refractivity contribution in [2.24, 2.45) is 0 Å². The Morgan fingerprint density at radius 1 is 1.43 bits per heavy atom. The molecule has 1 heterocycles. The van der Waals surface area contributed by atoms with E-state index in [2.05, 4.69) is 10.3 Å². The molecule has 0 radical (unpaired) electrons. The Morgan fingerprint density at radius 2 is 2.14 bits per heavy atom. The van der Waals surface area contributed by atoms with E-state index in [-0.39, 0.29) is 11.6 Å². The van der Waals surface area contributed by atoms with Crippen LogP contribution in [-0.2, 0) is 0 Å². The summed E-state index contributed by atoms with van der Waals surface area (Å²) in [5.41, 5.74) is 0.217. The molecule has 76 valence electrons. The summed E-state index contributed by atoms with van der Waals surface area (Å²) in [6.45, 7) is 0. The minimum absolute atomic E-state index is 0.217. The summed E-state index contributed by atoms with van der Waals surface area (Å²) in [6, 6.07) is 1.63. The van der Waals surface area contributed by atoms with Crippen LogP contribution in [0.2, 0.25) is 0 Å². The standard InChI is InChI=1S/C9H12N2O3/c1-10-9(12)7-8(14-3)6(13-2)4-5-11-7/h4-5H,1-3H3,(H,10,12). The van der Waals surface area contributed by atoms with Gasteiger partial charge < -0.3 is 14.8 Å². The lowest BCUT2D eigenvalue weighted by molar-refractivity contribution is 0.0954. The van der Waals surface area contributed by atoms with Crippen LogP contribution in [0.1, 0.15) is 10.5 Å². The topological polar surface area (TPSA) is 60.5 Å². The fourth-order valence-corrected chi connectivity index (χ4v) is 1.07. The molecule has 0 aliphatic carbocycles. The van der Waals surface area contributed by atoms with Gasteiger partial charge in [0, 0.05) is 19.3 Å². The maximum atomic E-state index is 11.4. The maximum absolute atomic E-state index is 11.4. The van der Waals surface area contributed by atoms with E-state index in [1.807, 2.05) is 0 Å². The maximum Gasteiger partial charge on any atom is 0.273 e. The molecule has 5 nitrogen and oxygen atoms in total. The van der Waals surface area contributed by atoms with E-state index >= 15 is 0 Å². The molecule has 0 fully saturated rings. The number of nitrogens with one attached hydrogen (secondary N) is 1. The zero-order valence-corrected chi connectivity index (χ0v) is 8.33. The predicted molar refractivity (Wildman–Crippen MR) is 50.7 cm³/mol. The van der Waals surface area contributed by atoms with Gasteiger partial charge in [0.2, 0.25) is 0 Å². The van der Waals surface area contributed by atoms with Crippen molar-refractivity contribution in [3.63, 3.8) is 0 Å². The number of carbonyl (C=O) groups is 1. The Bertz CT molecular complexity index is 339. The number of pyridine rings is 1. The largest absolute Gasteiger partial charge is 0.493 e. The fraction of sp³-hybridized carbons (Fsp3) is 0.333. The molecule has 1 aromatic rings. The van der Waals surface area contributed by atoms with Crippen molar-refractivity contribution in [1.29, 1.82) is 0 Å². The van der Waals surface area contributed by atoms with Gasteiger partial charge in [-0.25, -0.2) is 4.98 Å². The summed E-state index contributed by atoms with van der Waals surface area (Å²) in [5, 5.41) is 2.47. The lowest BCUT2D eigenvalue weighted by atomic mass is 10.3. The lowest BCUT2D eigenvalue weighted by Gasteiger charge is -2.09. The Kier molecular flexibility index (Phi) is 3.28. The smallest absolute Gasteiger partial charge is 0.273 e. The monoisotopic (exact) mass is 196 g/mol. The summed E-state index contributed by atoms with van der Waals surface area (Å²) in [7, 11) is 4.50. The van der Waals surface area contributed by atoms with Gasteiger partial charge in [-0.2, -0.15) is 0 Å². The van der Waals surface area contributed by atoms with Crippen LogP contribution in [0, 0.1) is 0 Å².